The van der Waals surface area contributed by atoms with E-state index in [0.29, 0.717) is 37.9 Å². The Hall–Kier alpha value is -4.80. The average molecular weight is 728 g/mol. The number of rotatable bonds is 22. The van der Waals surface area contributed by atoms with Gasteiger partial charge in [0.25, 0.3) is 0 Å². The van der Waals surface area contributed by atoms with Gasteiger partial charge in [-0.25, -0.2) is 19.2 Å². The second-order valence-corrected chi connectivity index (χ2v) is 11.6. The number of hydrogen-bond donors (Lipinski definition) is 0. The van der Waals surface area contributed by atoms with Crippen LogP contribution in [-0.4, -0.2) is 50.3 Å². The van der Waals surface area contributed by atoms with E-state index in [2.05, 4.69) is 13.2 Å². The van der Waals surface area contributed by atoms with Gasteiger partial charge in [0, 0.05) is 12.2 Å². The van der Waals surface area contributed by atoms with Crippen LogP contribution in [0.25, 0.3) is 0 Å². The lowest BCUT2D eigenvalue weighted by atomic mass is 10.2. The molecule has 0 aliphatic rings. The Morgan fingerprint density at radius 2 is 0.880 bits per heavy atom. The normalized spacial score (nSPS) is 10.4. The summed E-state index contributed by atoms with van der Waals surface area (Å²) in [5.41, 5.74) is 0.472. The molecule has 0 aliphatic heterocycles. The third-order valence-corrected chi connectivity index (χ3v) is 7.59. The fraction of sp³-hybridized carbons (Fsp3) is 0.316. The molecular weight excluding hydrogens is 687 g/mol. The summed E-state index contributed by atoms with van der Waals surface area (Å²) in [6, 6.07) is 15.3. The Bertz CT molecular complexity index is 1490. The summed E-state index contributed by atoms with van der Waals surface area (Å²) >= 11 is 12.7. The Morgan fingerprint density at radius 3 is 1.22 bits per heavy atom. The molecule has 3 aromatic carbocycles. The van der Waals surface area contributed by atoms with Gasteiger partial charge < -0.3 is 28.4 Å². The van der Waals surface area contributed by atoms with Crippen molar-refractivity contribution in [2.24, 2.45) is 0 Å². The minimum atomic E-state index is -0.621. The van der Waals surface area contributed by atoms with Crippen LogP contribution in [0.5, 0.6) is 23.0 Å². The smallest absolute Gasteiger partial charge is 0.343 e. The number of esters is 4. The molecule has 50 heavy (non-hydrogen) atoms. The Morgan fingerprint density at radius 1 is 0.520 bits per heavy atom. The predicted octanol–water partition coefficient (Wildman–Crippen LogP) is 8.77. The van der Waals surface area contributed by atoms with Gasteiger partial charge >= 0.3 is 23.9 Å². The van der Waals surface area contributed by atoms with Gasteiger partial charge in [0.15, 0.2) is 0 Å². The largest absolute Gasteiger partial charge is 0.492 e. The van der Waals surface area contributed by atoms with E-state index in [4.69, 9.17) is 51.6 Å². The lowest BCUT2D eigenvalue weighted by Crippen LogP contribution is -2.10. The molecule has 0 N–H and O–H groups in total. The number of carbonyl (C=O) groups is 4. The number of carbonyl (C=O) groups excluding carboxylic acids is 4. The lowest BCUT2D eigenvalue weighted by Gasteiger charge is -2.11. The van der Waals surface area contributed by atoms with Crippen molar-refractivity contribution in [2.75, 3.05) is 26.4 Å². The Kier molecular flexibility index (Phi) is 17.5. The zero-order valence-corrected chi connectivity index (χ0v) is 29.2. The van der Waals surface area contributed by atoms with Crippen molar-refractivity contribution in [2.45, 2.75) is 51.4 Å². The third kappa shape index (κ3) is 14.4. The maximum Gasteiger partial charge on any atom is 0.343 e. The first-order valence-corrected chi connectivity index (χ1v) is 16.9. The molecule has 3 rings (SSSR count). The first-order chi connectivity index (χ1) is 24.2. The van der Waals surface area contributed by atoms with E-state index in [1.807, 2.05) is 0 Å². The summed E-state index contributed by atoms with van der Waals surface area (Å²) in [5, 5.41) is 0.547. The summed E-state index contributed by atoms with van der Waals surface area (Å²) in [5.74, 6) is -0.705. The van der Waals surface area contributed by atoms with Crippen LogP contribution in [0.2, 0.25) is 10.0 Å². The highest BCUT2D eigenvalue weighted by molar-refractivity contribution is 6.32. The molecule has 0 saturated heterocycles. The number of ether oxygens (including phenoxy) is 6. The van der Waals surface area contributed by atoms with E-state index in [9.17, 15) is 19.2 Å². The van der Waals surface area contributed by atoms with Crippen molar-refractivity contribution in [3.63, 3.8) is 0 Å². The molecule has 10 nitrogen and oxygen atoms in total. The van der Waals surface area contributed by atoms with Crippen LogP contribution in [-0.2, 0) is 19.1 Å². The van der Waals surface area contributed by atoms with Gasteiger partial charge in [-0.15, -0.1) is 0 Å². The Balaban J connectivity index is 1.38. The highest BCUT2D eigenvalue weighted by Crippen LogP contribution is 2.28. The molecule has 0 saturated carbocycles. The third-order valence-electron chi connectivity index (χ3n) is 6.99. The van der Waals surface area contributed by atoms with E-state index in [0.717, 1.165) is 63.5 Å². The molecule has 0 spiro atoms. The van der Waals surface area contributed by atoms with E-state index in [1.54, 1.807) is 24.3 Å². The van der Waals surface area contributed by atoms with Crippen molar-refractivity contribution in [3.8, 4) is 23.0 Å². The quantitative estimate of drug-likeness (QED) is 0.0430. The average Bonchev–Trinajstić information content (AvgIpc) is 3.11. The maximum atomic E-state index is 12.7. The van der Waals surface area contributed by atoms with Crippen molar-refractivity contribution < 1.29 is 47.6 Å². The summed E-state index contributed by atoms with van der Waals surface area (Å²) in [7, 11) is 0. The topological polar surface area (TPSA) is 124 Å². The van der Waals surface area contributed by atoms with Gasteiger partial charge in [0.05, 0.1) is 47.6 Å². The Labute approximate surface area is 301 Å². The van der Waals surface area contributed by atoms with Crippen LogP contribution in [0.4, 0.5) is 0 Å². The summed E-state index contributed by atoms with van der Waals surface area (Å²) in [6.45, 7) is 8.32. The first-order valence-electron chi connectivity index (χ1n) is 16.2. The number of benzene rings is 3. The fourth-order valence-corrected chi connectivity index (χ4v) is 4.81. The lowest BCUT2D eigenvalue weighted by molar-refractivity contribution is -0.138. The number of halogens is 2. The van der Waals surface area contributed by atoms with E-state index < -0.39 is 23.9 Å². The summed E-state index contributed by atoms with van der Waals surface area (Å²) < 4.78 is 32.2. The highest BCUT2D eigenvalue weighted by atomic mass is 35.5. The van der Waals surface area contributed by atoms with Crippen LogP contribution in [0, 0.1) is 0 Å². The molecule has 266 valence electrons. The van der Waals surface area contributed by atoms with E-state index >= 15 is 0 Å². The monoisotopic (exact) mass is 726 g/mol. The zero-order valence-electron chi connectivity index (χ0n) is 27.7. The molecule has 0 unspecified atom stereocenters. The second-order valence-electron chi connectivity index (χ2n) is 10.8. The SMILES string of the molecule is C=CC(=O)OCCCCCCOc1ccc(C(=O)Oc2ccc(OC(=O)c3ccc(OCCCCCCOC(=O)C=C)c(Cl)c3)cc2)cc1Cl. The second kappa shape index (κ2) is 22.0. The molecule has 0 aliphatic carbocycles. The van der Waals surface area contributed by atoms with Crippen LogP contribution >= 0.6 is 23.2 Å². The summed E-state index contributed by atoms with van der Waals surface area (Å²) in [4.78, 5) is 47.5. The molecule has 0 radical (unpaired) electrons. The van der Waals surface area contributed by atoms with Gasteiger partial charge in [-0.2, -0.15) is 0 Å². The molecule has 12 heteroatoms. The van der Waals surface area contributed by atoms with Crippen LogP contribution < -0.4 is 18.9 Å². The van der Waals surface area contributed by atoms with Crippen LogP contribution in [0.3, 0.4) is 0 Å². The minimum absolute atomic E-state index is 0.236. The number of unbranched alkanes of at least 4 members (excludes halogenated alkanes) is 6. The molecule has 0 fully saturated rings. The molecule has 0 bridgehead atoms. The van der Waals surface area contributed by atoms with Crippen molar-refractivity contribution in [1.82, 2.24) is 0 Å². The highest BCUT2D eigenvalue weighted by Gasteiger charge is 2.15. The first kappa shape index (κ1) is 39.6. The minimum Gasteiger partial charge on any atom is -0.492 e. The van der Waals surface area contributed by atoms with E-state index in [1.165, 1.54) is 36.4 Å². The van der Waals surface area contributed by atoms with Crippen LogP contribution in [0.15, 0.2) is 86.0 Å². The van der Waals surface area contributed by atoms with Gasteiger partial charge in [0.1, 0.15) is 23.0 Å². The molecule has 0 heterocycles. The van der Waals surface area contributed by atoms with E-state index in [-0.39, 0.29) is 32.7 Å². The van der Waals surface area contributed by atoms with Gasteiger partial charge in [-0.05, 0) is 112 Å². The van der Waals surface area contributed by atoms with Crippen molar-refractivity contribution in [3.05, 3.63) is 107 Å². The zero-order chi connectivity index (χ0) is 36.1. The van der Waals surface area contributed by atoms with Crippen molar-refractivity contribution >= 4 is 47.1 Å². The van der Waals surface area contributed by atoms with Crippen LogP contribution in [0.1, 0.15) is 72.1 Å². The molecule has 0 atom stereocenters. The van der Waals surface area contributed by atoms with Crippen molar-refractivity contribution in [1.29, 1.82) is 0 Å². The standard InChI is InChI=1S/C38H40Cl2O10/c1-3-35(41)47-23-11-7-5-9-21-45-33-19-13-27(25-31(33)39)37(43)49-29-15-17-30(18-16-29)50-38(44)28-14-20-34(32(40)26-28)46-22-10-6-8-12-24-48-36(42)4-2/h3-4,13-20,25-26H,1-2,5-12,21-24H2. The van der Waals surface area contributed by atoms with Gasteiger partial charge in [0.2, 0.25) is 0 Å². The molecule has 0 aromatic heterocycles. The molecule has 3 aromatic rings. The molecular formula is C38H40Cl2O10. The molecule has 0 amide bonds. The fourth-order valence-electron chi connectivity index (χ4n) is 4.34. The predicted molar refractivity (Wildman–Crippen MR) is 190 cm³/mol. The van der Waals surface area contributed by atoms with Gasteiger partial charge in [-0.1, -0.05) is 36.4 Å². The van der Waals surface area contributed by atoms with Gasteiger partial charge in [-0.3, -0.25) is 0 Å². The number of hydrogen-bond acceptors (Lipinski definition) is 10. The maximum absolute atomic E-state index is 12.7. The summed E-state index contributed by atoms with van der Waals surface area (Å²) in [6.07, 6.45) is 8.94.